The van der Waals surface area contributed by atoms with Crippen molar-refractivity contribution in [1.82, 2.24) is 0 Å². The quantitative estimate of drug-likeness (QED) is 0.180. The number of rotatable bonds is 3. The topological polar surface area (TPSA) is 16.4 Å². The summed E-state index contributed by atoms with van der Waals surface area (Å²) in [4.78, 5) is 2.48. The lowest BCUT2D eigenvalue weighted by Crippen LogP contribution is -2.18. The van der Waals surface area contributed by atoms with Crippen molar-refractivity contribution >= 4 is 49.8 Å². The van der Waals surface area contributed by atoms with Crippen LogP contribution in [0.25, 0.3) is 66.1 Å². The van der Waals surface area contributed by atoms with Crippen LogP contribution in [0.5, 0.6) is 0 Å². The van der Waals surface area contributed by atoms with Crippen LogP contribution in [0, 0.1) is 0 Å². The molecule has 274 valence electrons. The van der Waals surface area contributed by atoms with Crippen LogP contribution in [0.15, 0.2) is 156 Å². The summed E-state index contributed by atoms with van der Waals surface area (Å²) in [5.74, 6) is 0. The lowest BCUT2D eigenvalue weighted by Gasteiger charge is -2.30. The summed E-state index contributed by atoms with van der Waals surface area (Å²) in [5, 5.41) is 4.78. The average Bonchev–Trinajstić information content (AvgIpc) is 3.87. The van der Waals surface area contributed by atoms with Crippen LogP contribution in [-0.2, 0) is 16.2 Å². The summed E-state index contributed by atoms with van der Waals surface area (Å²) in [6.45, 7) is 14.2. The summed E-state index contributed by atoms with van der Waals surface area (Å²) in [6.07, 6.45) is 0. The van der Waals surface area contributed by atoms with Gasteiger partial charge >= 0.3 is 0 Å². The van der Waals surface area contributed by atoms with Gasteiger partial charge in [0.2, 0.25) is 0 Å². The fourth-order valence-corrected chi connectivity index (χ4v) is 11.2. The first-order chi connectivity index (χ1) is 27.5. The van der Waals surface area contributed by atoms with Crippen LogP contribution in [-0.4, -0.2) is 0 Å². The van der Waals surface area contributed by atoms with E-state index in [9.17, 15) is 0 Å². The second kappa shape index (κ2) is 10.9. The lowest BCUT2D eigenvalue weighted by molar-refractivity contribution is 0.659. The number of benzene rings is 8. The molecule has 3 aliphatic rings. The van der Waals surface area contributed by atoms with Gasteiger partial charge < -0.3 is 9.32 Å². The molecule has 1 heterocycles. The first-order valence-corrected chi connectivity index (χ1v) is 20.4. The fourth-order valence-electron chi connectivity index (χ4n) is 11.2. The molecule has 8 aromatic carbocycles. The third-order valence-corrected chi connectivity index (χ3v) is 14.0. The van der Waals surface area contributed by atoms with E-state index in [2.05, 4.69) is 198 Å². The summed E-state index contributed by atoms with van der Waals surface area (Å²) in [6, 6.07) is 56.7. The summed E-state index contributed by atoms with van der Waals surface area (Å²) < 4.78 is 6.96. The Labute approximate surface area is 334 Å². The molecule has 0 N–H and O–H groups in total. The molecule has 0 aliphatic heterocycles. The molecule has 2 nitrogen and oxygen atoms in total. The molecule has 0 unspecified atom stereocenters. The zero-order chi connectivity index (χ0) is 38.6. The highest BCUT2D eigenvalue weighted by Crippen LogP contribution is 2.57. The third kappa shape index (κ3) is 4.15. The summed E-state index contributed by atoms with van der Waals surface area (Å²) in [7, 11) is 0. The van der Waals surface area contributed by atoms with E-state index in [0.717, 1.165) is 39.0 Å². The van der Waals surface area contributed by atoms with E-state index in [0.29, 0.717) is 0 Å². The zero-order valence-electron chi connectivity index (χ0n) is 33.3. The molecule has 12 rings (SSSR count). The molecule has 9 aromatic rings. The van der Waals surface area contributed by atoms with E-state index in [1.165, 1.54) is 77.5 Å². The number of nitrogens with zero attached hydrogens (tertiary/aromatic N) is 1. The number of furan rings is 1. The maximum absolute atomic E-state index is 6.96. The average molecular weight is 734 g/mol. The van der Waals surface area contributed by atoms with Crippen LogP contribution in [0.4, 0.5) is 17.1 Å². The van der Waals surface area contributed by atoms with Gasteiger partial charge in [0.25, 0.3) is 0 Å². The van der Waals surface area contributed by atoms with Crippen molar-refractivity contribution in [1.29, 1.82) is 0 Å². The largest absolute Gasteiger partial charge is 0.455 e. The normalized spacial score (nSPS) is 16.0. The number of anilines is 3. The highest BCUT2D eigenvalue weighted by molar-refractivity contribution is 6.23. The van der Waals surface area contributed by atoms with Gasteiger partial charge in [0.05, 0.1) is 0 Å². The van der Waals surface area contributed by atoms with Crippen molar-refractivity contribution in [2.45, 2.75) is 57.8 Å². The number of hydrogen-bond donors (Lipinski definition) is 0. The van der Waals surface area contributed by atoms with E-state index >= 15 is 0 Å². The number of hydrogen-bond acceptors (Lipinski definition) is 2. The minimum atomic E-state index is -0.206. The molecule has 3 aliphatic carbocycles. The minimum absolute atomic E-state index is 0.123. The predicted octanol–water partition coefficient (Wildman–Crippen LogP) is 15.1. The smallest absolute Gasteiger partial charge is 0.143 e. The Morgan fingerprint density at radius 2 is 0.842 bits per heavy atom. The van der Waals surface area contributed by atoms with Crippen molar-refractivity contribution in [3.05, 3.63) is 185 Å². The minimum Gasteiger partial charge on any atom is -0.455 e. The van der Waals surface area contributed by atoms with Gasteiger partial charge in [0, 0.05) is 49.5 Å². The molecule has 1 aromatic heterocycles. The molecule has 0 bridgehead atoms. The maximum atomic E-state index is 6.96. The Hall–Kier alpha value is -6.38. The van der Waals surface area contributed by atoms with E-state index in [4.69, 9.17) is 4.42 Å². The molecule has 0 fully saturated rings. The second-order valence-electron chi connectivity index (χ2n) is 18.1. The molecule has 0 spiro atoms. The third-order valence-electron chi connectivity index (χ3n) is 14.0. The number of fused-ring (bicyclic) bond motifs is 16. The maximum Gasteiger partial charge on any atom is 0.143 e. The van der Waals surface area contributed by atoms with Gasteiger partial charge in [0.15, 0.2) is 0 Å². The van der Waals surface area contributed by atoms with Gasteiger partial charge in [0.1, 0.15) is 11.2 Å². The summed E-state index contributed by atoms with van der Waals surface area (Å²) in [5.41, 5.74) is 21.0. The molecule has 0 radical (unpaired) electrons. The molecule has 0 amide bonds. The fraction of sp³-hybridized carbons (Fsp3) is 0.164. The van der Waals surface area contributed by atoms with E-state index in [-0.39, 0.29) is 16.2 Å². The molecule has 0 saturated carbocycles. The monoisotopic (exact) mass is 733 g/mol. The Bertz CT molecular complexity index is 3120. The molecule has 0 saturated heterocycles. The zero-order valence-corrected chi connectivity index (χ0v) is 33.3. The van der Waals surface area contributed by atoms with Crippen LogP contribution in [0.1, 0.15) is 74.9 Å². The molecular weight excluding hydrogens is 691 g/mol. The first-order valence-electron chi connectivity index (χ1n) is 20.4. The highest BCUT2D eigenvalue weighted by Gasteiger charge is 2.41. The van der Waals surface area contributed by atoms with Crippen LogP contribution >= 0.6 is 0 Å². The molecule has 2 heteroatoms. The highest BCUT2D eigenvalue weighted by atomic mass is 16.3. The van der Waals surface area contributed by atoms with Crippen molar-refractivity contribution in [2.75, 3.05) is 4.90 Å². The van der Waals surface area contributed by atoms with Gasteiger partial charge in [-0.1, -0.05) is 151 Å². The standard InChI is InChI=1S/C55H43NO/c1-53(2)43-20-12-9-15-35(43)37-26-23-33(30-46(37)53)56(34-24-27-38-36-16-10-13-21-44(36)54(3,4)47(38)31-34)32-25-28-48-42(29-32)50-51-49(39-17-7-8-18-40(39)52(50)57-48)41-19-11-14-22-45(41)55(51,5)6/h7-31H,1-6H3. The Morgan fingerprint density at radius 1 is 0.386 bits per heavy atom. The molecular formula is C55H43NO. The Morgan fingerprint density at radius 3 is 1.44 bits per heavy atom. The molecule has 0 atom stereocenters. The SMILES string of the molecule is CC1(C)c2ccccc2-c2ccc(N(c3ccc4c(c3)C(C)(C)c3ccccc3-4)c3ccc4oc5c6ccccc6c6c(c5c4c3)C(C)(C)c3ccccc3-6)cc21. The van der Waals surface area contributed by atoms with Gasteiger partial charge in [-0.3, -0.25) is 0 Å². The predicted molar refractivity (Wildman–Crippen MR) is 239 cm³/mol. The second-order valence-corrected chi connectivity index (χ2v) is 18.1. The van der Waals surface area contributed by atoms with Gasteiger partial charge in [-0.15, -0.1) is 0 Å². The van der Waals surface area contributed by atoms with E-state index < -0.39 is 0 Å². The van der Waals surface area contributed by atoms with Crippen molar-refractivity contribution in [3.63, 3.8) is 0 Å². The Balaban J connectivity index is 1.13. The van der Waals surface area contributed by atoms with Crippen molar-refractivity contribution in [3.8, 4) is 33.4 Å². The summed E-state index contributed by atoms with van der Waals surface area (Å²) >= 11 is 0. The van der Waals surface area contributed by atoms with Gasteiger partial charge in [-0.2, -0.15) is 0 Å². The first kappa shape index (κ1) is 32.8. The molecule has 57 heavy (non-hydrogen) atoms. The van der Waals surface area contributed by atoms with Crippen LogP contribution in [0.2, 0.25) is 0 Å². The van der Waals surface area contributed by atoms with Crippen molar-refractivity contribution < 1.29 is 4.42 Å². The Kier molecular flexibility index (Phi) is 6.29. The van der Waals surface area contributed by atoms with Crippen molar-refractivity contribution in [2.24, 2.45) is 0 Å². The van der Waals surface area contributed by atoms with Crippen LogP contribution < -0.4 is 4.90 Å². The van der Waals surface area contributed by atoms with Crippen LogP contribution in [0.3, 0.4) is 0 Å². The van der Waals surface area contributed by atoms with E-state index in [1.807, 2.05) is 0 Å². The van der Waals surface area contributed by atoms with Gasteiger partial charge in [-0.05, 0) is 115 Å². The van der Waals surface area contributed by atoms with E-state index in [1.54, 1.807) is 0 Å². The van der Waals surface area contributed by atoms with Gasteiger partial charge in [-0.25, -0.2) is 0 Å². The lowest BCUT2D eigenvalue weighted by atomic mass is 9.79.